The molecule has 0 radical (unpaired) electrons. The van der Waals surface area contributed by atoms with Gasteiger partial charge >= 0.3 is 0 Å². The fourth-order valence-corrected chi connectivity index (χ4v) is 2.10. The first-order valence-electron chi connectivity index (χ1n) is 6.16. The minimum atomic E-state index is 0.516. The van der Waals surface area contributed by atoms with E-state index in [1.807, 2.05) is 0 Å². The molecule has 0 aromatic heterocycles. The smallest absolute Gasteiger partial charge is 0.0615 e. The van der Waals surface area contributed by atoms with Crippen LogP contribution in [0, 0.1) is 5.92 Å². The fraction of sp³-hybridized carbons (Fsp3) is 1.00. The lowest BCUT2D eigenvalue weighted by molar-refractivity contribution is 0.0517. The van der Waals surface area contributed by atoms with Crippen LogP contribution >= 0.6 is 0 Å². The molecule has 1 rings (SSSR count). The first-order valence-corrected chi connectivity index (χ1v) is 6.16. The summed E-state index contributed by atoms with van der Waals surface area (Å²) in [6, 6.07) is 0.516. The third kappa shape index (κ3) is 5.50. The van der Waals surface area contributed by atoms with E-state index < -0.39 is 0 Å². The molecule has 0 aliphatic carbocycles. The van der Waals surface area contributed by atoms with Gasteiger partial charge in [-0.2, -0.15) is 0 Å². The Labute approximate surface area is 93.5 Å². The van der Waals surface area contributed by atoms with Crippen molar-refractivity contribution in [3.63, 3.8) is 0 Å². The Hall–Kier alpha value is -0.120. The molecule has 90 valence electrons. The lowest BCUT2D eigenvalue weighted by Gasteiger charge is -2.25. The quantitative estimate of drug-likeness (QED) is 0.702. The van der Waals surface area contributed by atoms with E-state index in [4.69, 9.17) is 9.47 Å². The van der Waals surface area contributed by atoms with E-state index in [1.54, 1.807) is 7.11 Å². The van der Waals surface area contributed by atoms with E-state index in [-0.39, 0.29) is 0 Å². The van der Waals surface area contributed by atoms with Crippen LogP contribution in [0.1, 0.15) is 32.6 Å². The number of ether oxygens (including phenoxy) is 2. The third-order valence-electron chi connectivity index (χ3n) is 2.95. The van der Waals surface area contributed by atoms with Crippen molar-refractivity contribution >= 4 is 0 Å². The summed E-state index contributed by atoms with van der Waals surface area (Å²) in [7, 11) is 1.77. The summed E-state index contributed by atoms with van der Waals surface area (Å²) < 4.78 is 10.7. The van der Waals surface area contributed by atoms with Crippen molar-refractivity contribution in [2.24, 2.45) is 5.92 Å². The lowest BCUT2D eigenvalue weighted by Crippen LogP contribution is -2.38. The third-order valence-corrected chi connectivity index (χ3v) is 2.95. The molecule has 0 bridgehead atoms. The highest BCUT2D eigenvalue weighted by Gasteiger charge is 2.15. The van der Waals surface area contributed by atoms with Crippen LogP contribution < -0.4 is 5.32 Å². The van der Waals surface area contributed by atoms with Crippen molar-refractivity contribution in [2.75, 3.05) is 33.5 Å². The molecule has 0 saturated carbocycles. The van der Waals surface area contributed by atoms with Gasteiger partial charge in [0.2, 0.25) is 0 Å². The van der Waals surface area contributed by atoms with Crippen LogP contribution in [-0.4, -0.2) is 39.5 Å². The molecule has 1 aliphatic heterocycles. The number of hydrogen-bond acceptors (Lipinski definition) is 3. The number of nitrogens with one attached hydrogen (secondary N) is 1. The zero-order chi connectivity index (χ0) is 10.9. The monoisotopic (exact) mass is 215 g/mol. The summed E-state index contributed by atoms with van der Waals surface area (Å²) in [5.74, 6) is 0.704. The highest BCUT2D eigenvalue weighted by Crippen LogP contribution is 2.12. The largest absolute Gasteiger partial charge is 0.383 e. The van der Waals surface area contributed by atoms with E-state index in [0.29, 0.717) is 12.0 Å². The Bertz CT molecular complexity index is 141. The molecule has 3 heteroatoms. The molecule has 1 fully saturated rings. The van der Waals surface area contributed by atoms with Gasteiger partial charge in [0.05, 0.1) is 13.2 Å². The number of hydrogen-bond donors (Lipinski definition) is 1. The Morgan fingerprint density at radius 3 is 3.00 bits per heavy atom. The molecule has 1 N–H and O–H groups in total. The SMILES string of the molecule is CCCC(COC)NCC1CCCOC1. The van der Waals surface area contributed by atoms with Gasteiger partial charge in [0, 0.05) is 26.3 Å². The fourth-order valence-electron chi connectivity index (χ4n) is 2.10. The predicted molar refractivity (Wildman–Crippen MR) is 62.1 cm³/mol. The molecular formula is C12H25NO2. The Balaban J connectivity index is 2.13. The van der Waals surface area contributed by atoms with Crippen LogP contribution in [0.25, 0.3) is 0 Å². The van der Waals surface area contributed by atoms with E-state index >= 15 is 0 Å². The zero-order valence-corrected chi connectivity index (χ0v) is 10.1. The second kappa shape index (κ2) is 8.08. The molecule has 0 aromatic rings. The van der Waals surface area contributed by atoms with Gasteiger partial charge in [-0.15, -0.1) is 0 Å². The van der Waals surface area contributed by atoms with Crippen molar-refractivity contribution in [3.8, 4) is 0 Å². The minimum absolute atomic E-state index is 0.516. The van der Waals surface area contributed by atoms with Gasteiger partial charge < -0.3 is 14.8 Å². The highest BCUT2D eigenvalue weighted by molar-refractivity contribution is 4.71. The van der Waals surface area contributed by atoms with Gasteiger partial charge in [0.1, 0.15) is 0 Å². The van der Waals surface area contributed by atoms with Crippen LogP contribution in [0.15, 0.2) is 0 Å². The van der Waals surface area contributed by atoms with Crippen LogP contribution in [0.2, 0.25) is 0 Å². The van der Waals surface area contributed by atoms with E-state index in [2.05, 4.69) is 12.2 Å². The molecule has 1 aliphatic rings. The maximum atomic E-state index is 5.46. The van der Waals surface area contributed by atoms with Crippen LogP contribution in [0.3, 0.4) is 0 Å². The Morgan fingerprint density at radius 1 is 1.53 bits per heavy atom. The zero-order valence-electron chi connectivity index (χ0n) is 10.1. The molecule has 1 heterocycles. The molecule has 15 heavy (non-hydrogen) atoms. The topological polar surface area (TPSA) is 30.5 Å². The summed E-state index contributed by atoms with van der Waals surface area (Å²) in [6.45, 7) is 6.00. The van der Waals surface area contributed by atoms with Gasteiger partial charge in [-0.3, -0.25) is 0 Å². The van der Waals surface area contributed by atoms with Gasteiger partial charge in [-0.1, -0.05) is 13.3 Å². The van der Waals surface area contributed by atoms with Crippen molar-refractivity contribution in [1.82, 2.24) is 5.32 Å². The predicted octanol–water partition coefficient (Wildman–Crippen LogP) is 1.82. The van der Waals surface area contributed by atoms with Gasteiger partial charge in [0.25, 0.3) is 0 Å². The molecule has 2 atom stereocenters. The van der Waals surface area contributed by atoms with Gasteiger partial charge in [-0.25, -0.2) is 0 Å². The summed E-state index contributed by atoms with van der Waals surface area (Å²) >= 11 is 0. The second-order valence-corrected chi connectivity index (χ2v) is 4.43. The number of rotatable bonds is 7. The van der Waals surface area contributed by atoms with Gasteiger partial charge in [-0.05, 0) is 25.2 Å². The Kier molecular flexibility index (Phi) is 6.98. The van der Waals surface area contributed by atoms with Crippen molar-refractivity contribution in [2.45, 2.75) is 38.6 Å². The molecule has 3 nitrogen and oxygen atoms in total. The van der Waals surface area contributed by atoms with Gasteiger partial charge in [0.15, 0.2) is 0 Å². The molecule has 0 spiro atoms. The summed E-state index contributed by atoms with van der Waals surface area (Å²) in [6.07, 6.45) is 4.93. The molecule has 1 saturated heterocycles. The van der Waals surface area contributed by atoms with E-state index in [0.717, 1.165) is 26.4 Å². The minimum Gasteiger partial charge on any atom is -0.383 e. The molecule has 2 unspecified atom stereocenters. The average molecular weight is 215 g/mol. The molecular weight excluding hydrogens is 190 g/mol. The first kappa shape index (κ1) is 12.9. The molecule has 0 amide bonds. The standard InChI is InChI=1S/C12H25NO2/c1-3-5-12(10-14-2)13-8-11-6-4-7-15-9-11/h11-13H,3-10H2,1-2H3. The summed E-state index contributed by atoms with van der Waals surface area (Å²) in [5, 5.41) is 3.59. The normalized spacial score (nSPS) is 24.0. The van der Waals surface area contributed by atoms with Crippen LogP contribution in [0.5, 0.6) is 0 Å². The van der Waals surface area contributed by atoms with Crippen LogP contribution in [0.4, 0.5) is 0 Å². The summed E-state index contributed by atoms with van der Waals surface area (Å²) in [4.78, 5) is 0. The first-order chi connectivity index (χ1) is 7.36. The molecule has 0 aromatic carbocycles. The van der Waals surface area contributed by atoms with E-state index in [9.17, 15) is 0 Å². The highest BCUT2D eigenvalue weighted by atomic mass is 16.5. The average Bonchev–Trinajstić information content (AvgIpc) is 2.28. The lowest BCUT2D eigenvalue weighted by atomic mass is 10.0. The second-order valence-electron chi connectivity index (χ2n) is 4.43. The van der Waals surface area contributed by atoms with E-state index in [1.165, 1.54) is 25.7 Å². The van der Waals surface area contributed by atoms with Crippen molar-refractivity contribution in [3.05, 3.63) is 0 Å². The van der Waals surface area contributed by atoms with Crippen molar-refractivity contribution in [1.29, 1.82) is 0 Å². The summed E-state index contributed by atoms with van der Waals surface area (Å²) in [5.41, 5.74) is 0. The number of methoxy groups -OCH3 is 1. The maximum Gasteiger partial charge on any atom is 0.0615 e. The Morgan fingerprint density at radius 2 is 2.40 bits per heavy atom. The van der Waals surface area contributed by atoms with Crippen LogP contribution in [-0.2, 0) is 9.47 Å². The maximum absolute atomic E-state index is 5.46. The van der Waals surface area contributed by atoms with Crippen molar-refractivity contribution < 1.29 is 9.47 Å².